The maximum absolute atomic E-state index is 12.7. The quantitative estimate of drug-likeness (QED) is 0.564. The van der Waals surface area contributed by atoms with E-state index in [1.165, 1.54) is 12.1 Å². The smallest absolute Gasteiger partial charge is 0.374 e. The summed E-state index contributed by atoms with van der Waals surface area (Å²) in [5.74, 6) is 0.271. The fraction of sp³-hybridized carbons (Fsp3) is 0.286. The zero-order valence-corrected chi connectivity index (χ0v) is 17.3. The van der Waals surface area contributed by atoms with Crippen LogP contribution in [0.25, 0.3) is 11.0 Å². The minimum Gasteiger partial charge on any atom is -0.497 e. The molecule has 0 bridgehead atoms. The normalized spacial score (nSPS) is 11.6. The molecule has 2 aromatic carbocycles. The van der Waals surface area contributed by atoms with E-state index < -0.39 is 16.0 Å². The first-order valence-corrected chi connectivity index (χ1v) is 10.7. The number of methoxy groups -OCH3 is 1. The van der Waals surface area contributed by atoms with E-state index in [9.17, 15) is 13.2 Å². The molecule has 0 aliphatic carbocycles. The number of carbonyl (C=O) groups excluding carboxylic acids is 1. The number of furan rings is 1. The van der Waals surface area contributed by atoms with Crippen LogP contribution in [0.1, 0.15) is 28.6 Å². The Morgan fingerprint density at radius 1 is 1.14 bits per heavy atom. The number of fused-ring (bicyclic) bond motifs is 1. The summed E-state index contributed by atoms with van der Waals surface area (Å²) in [6.45, 7) is 3.89. The van der Waals surface area contributed by atoms with Gasteiger partial charge in [0, 0.05) is 17.5 Å². The second-order valence-corrected chi connectivity index (χ2v) is 8.20. The number of ether oxygens (including phenoxy) is 2. The summed E-state index contributed by atoms with van der Waals surface area (Å²) < 4.78 is 43.6. The molecule has 0 fully saturated rings. The van der Waals surface area contributed by atoms with Gasteiger partial charge in [-0.25, -0.2) is 17.9 Å². The molecule has 0 saturated carbocycles. The molecule has 0 aliphatic heterocycles. The van der Waals surface area contributed by atoms with Gasteiger partial charge in [-0.2, -0.15) is 0 Å². The molecule has 8 heteroatoms. The van der Waals surface area contributed by atoms with Gasteiger partial charge < -0.3 is 13.9 Å². The molecule has 0 unspecified atom stereocenters. The van der Waals surface area contributed by atoms with Crippen molar-refractivity contribution in [2.24, 2.45) is 0 Å². The lowest BCUT2D eigenvalue weighted by Crippen LogP contribution is -2.26. The predicted molar refractivity (Wildman–Crippen MR) is 109 cm³/mol. The molecule has 7 nitrogen and oxygen atoms in total. The SMILES string of the molecule is CCOC(=O)c1oc2ccc(S(=O)(=O)NCCc3ccc(OC)cc3)cc2c1C. The lowest BCUT2D eigenvalue weighted by atomic mass is 10.1. The summed E-state index contributed by atoms with van der Waals surface area (Å²) in [7, 11) is -2.11. The highest BCUT2D eigenvalue weighted by atomic mass is 32.2. The highest BCUT2D eigenvalue weighted by molar-refractivity contribution is 7.89. The van der Waals surface area contributed by atoms with Crippen molar-refractivity contribution in [2.75, 3.05) is 20.3 Å². The van der Waals surface area contributed by atoms with E-state index in [4.69, 9.17) is 13.9 Å². The van der Waals surface area contributed by atoms with Crippen LogP contribution in [0.5, 0.6) is 5.75 Å². The summed E-state index contributed by atoms with van der Waals surface area (Å²) in [4.78, 5) is 12.1. The van der Waals surface area contributed by atoms with Gasteiger partial charge in [0.15, 0.2) is 0 Å². The van der Waals surface area contributed by atoms with E-state index in [0.29, 0.717) is 23.0 Å². The average Bonchev–Trinajstić information content (AvgIpc) is 3.05. The number of hydrogen-bond donors (Lipinski definition) is 1. The molecule has 0 saturated heterocycles. The molecular weight excluding hydrogens is 394 g/mol. The monoisotopic (exact) mass is 417 g/mol. The molecule has 0 radical (unpaired) electrons. The second-order valence-electron chi connectivity index (χ2n) is 6.43. The lowest BCUT2D eigenvalue weighted by Gasteiger charge is -2.08. The lowest BCUT2D eigenvalue weighted by molar-refractivity contribution is 0.0491. The highest BCUT2D eigenvalue weighted by Crippen LogP contribution is 2.28. The zero-order chi connectivity index (χ0) is 21.0. The van der Waals surface area contributed by atoms with Crippen LogP contribution in [0.3, 0.4) is 0 Å². The van der Waals surface area contributed by atoms with Crippen LogP contribution in [0.2, 0.25) is 0 Å². The van der Waals surface area contributed by atoms with Crippen molar-refractivity contribution >= 4 is 27.0 Å². The first-order valence-electron chi connectivity index (χ1n) is 9.18. The number of esters is 1. The molecule has 154 valence electrons. The van der Waals surface area contributed by atoms with Crippen molar-refractivity contribution in [3.63, 3.8) is 0 Å². The van der Waals surface area contributed by atoms with Gasteiger partial charge in [-0.15, -0.1) is 0 Å². The van der Waals surface area contributed by atoms with Gasteiger partial charge in [-0.05, 0) is 56.2 Å². The van der Waals surface area contributed by atoms with E-state index in [2.05, 4.69) is 4.72 Å². The van der Waals surface area contributed by atoms with Crippen LogP contribution < -0.4 is 9.46 Å². The van der Waals surface area contributed by atoms with Crippen molar-refractivity contribution in [1.82, 2.24) is 4.72 Å². The molecule has 1 aromatic heterocycles. The third-order valence-electron chi connectivity index (χ3n) is 4.54. The summed E-state index contributed by atoms with van der Waals surface area (Å²) >= 11 is 0. The van der Waals surface area contributed by atoms with E-state index in [0.717, 1.165) is 11.3 Å². The topological polar surface area (TPSA) is 94.8 Å². The summed E-state index contributed by atoms with van der Waals surface area (Å²) in [5.41, 5.74) is 1.98. The third-order valence-corrected chi connectivity index (χ3v) is 6.00. The standard InChI is InChI=1S/C21H23NO6S/c1-4-27-21(23)20-14(2)18-13-17(9-10-19(18)28-20)29(24,25)22-12-11-15-5-7-16(26-3)8-6-15/h5-10,13,22H,4,11-12H2,1-3H3. The van der Waals surface area contributed by atoms with Gasteiger partial charge in [0.05, 0.1) is 18.6 Å². The predicted octanol–water partition coefficient (Wildman–Crippen LogP) is 3.45. The first kappa shape index (κ1) is 20.9. The molecule has 3 aromatic rings. The minimum atomic E-state index is -3.71. The van der Waals surface area contributed by atoms with Crippen molar-refractivity contribution in [1.29, 1.82) is 0 Å². The Morgan fingerprint density at radius 2 is 1.86 bits per heavy atom. The number of hydrogen-bond acceptors (Lipinski definition) is 6. The zero-order valence-electron chi connectivity index (χ0n) is 16.5. The maximum atomic E-state index is 12.7. The highest BCUT2D eigenvalue weighted by Gasteiger charge is 2.21. The van der Waals surface area contributed by atoms with E-state index in [-0.39, 0.29) is 23.8 Å². The molecule has 0 atom stereocenters. The molecule has 1 N–H and O–H groups in total. The fourth-order valence-corrected chi connectivity index (χ4v) is 4.02. The van der Waals surface area contributed by atoms with Gasteiger partial charge in [0.2, 0.25) is 15.8 Å². The van der Waals surface area contributed by atoms with Gasteiger partial charge in [-0.1, -0.05) is 12.1 Å². The van der Waals surface area contributed by atoms with Gasteiger partial charge in [0.1, 0.15) is 11.3 Å². The molecule has 0 amide bonds. The van der Waals surface area contributed by atoms with Crippen LogP contribution in [0.4, 0.5) is 0 Å². The summed E-state index contributed by atoms with van der Waals surface area (Å²) in [6.07, 6.45) is 0.545. The molecule has 0 spiro atoms. The minimum absolute atomic E-state index is 0.0869. The molecule has 29 heavy (non-hydrogen) atoms. The fourth-order valence-electron chi connectivity index (χ4n) is 2.96. The number of sulfonamides is 1. The van der Waals surface area contributed by atoms with Crippen molar-refractivity contribution < 1.29 is 27.1 Å². The Labute approximate surface area is 169 Å². The number of nitrogens with one attached hydrogen (secondary N) is 1. The van der Waals surface area contributed by atoms with Gasteiger partial charge >= 0.3 is 5.97 Å². The Kier molecular flexibility index (Phi) is 6.24. The maximum Gasteiger partial charge on any atom is 0.374 e. The molecular formula is C21H23NO6S. The average molecular weight is 417 g/mol. The number of rotatable bonds is 8. The van der Waals surface area contributed by atoms with Crippen molar-refractivity contribution in [3.8, 4) is 5.75 Å². The Morgan fingerprint density at radius 3 is 2.52 bits per heavy atom. The Hall–Kier alpha value is -2.84. The van der Waals surface area contributed by atoms with Crippen LogP contribution in [0, 0.1) is 6.92 Å². The van der Waals surface area contributed by atoms with Crippen LogP contribution in [0.15, 0.2) is 51.8 Å². The van der Waals surface area contributed by atoms with Gasteiger partial charge in [-0.3, -0.25) is 0 Å². The number of aryl methyl sites for hydroxylation is 1. The largest absolute Gasteiger partial charge is 0.497 e. The number of benzene rings is 2. The van der Waals surface area contributed by atoms with Crippen molar-refractivity contribution in [3.05, 3.63) is 59.4 Å². The summed E-state index contributed by atoms with van der Waals surface area (Å²) in [5, 5.41) is 0.561. The Balaban J connectivity index is 1.75. The number of carbonyl (C=O) groups is 1. The van der Waals surface area contributed by atoms with Crippen LogP contribution >= 0.6 is 0 Å². The molecule has 1 heterocycles. The summed E-state index contributed by atoms with van der Waals surface area (Å²) in [6, 6.07) is 12.0. The van der Waals surface area contributed by atoms with E-state index in [1.54, 1.807) is 27.0 Å². The van der Waals surface area contributed by atoms with Crippen LogP contribution in [-0.4, -0.2) is 34.6 Å². The third kappa shape index (κ3) is 4.60. The second kappa shape index (κ2) is 8.67. The van der Waals surface area contributed by atoms with Gasteiger partial charge in [0.25, 0.3) is 0 Å². The Bertz CT molecular complexity index is 1120. The van der Waals surface area contributed by atoms with E-state index >= 15 is 0 Å². The van der Waals surface area contributed by atoms with Crippen molar-refractivity contribution in [2.45, 2.75) is 25.2 Å². The van der Waals surface area contributed by atoms with Crippen LogP contribution in [-0.2, 0) is 21.2 Å². The molecule has 3 rings (SSSR count). The van der Waals surface area contributed by atoms with E-state index in [1.807, 2.05) is 24.3 Å². The first-order chi connectivity index (χ1) is 13.9. The molecule has 0 aliphatic rings.